The lowest BCUT2D eigenvalue weighted by Crippen LogP contribution is -1.98. The summed E-state index contributed by atoms with van der Waals surface area (Å²) in [5.41, 5.74) is 6.17. The number of carbonyl (C=O) groups excluding carboxylic acids is 1. The Morgan fingerprint density at radius 2 is 1.85 bits per heavy atom. The molecule has 0 saturated heterocycles. The predicted octanol–water partition coefficient (Wildman–Crippen LogP) is 2.60. The van der Waals surface area contributed by atoms with Crippen LogP contribution >= 0.6 is 0 Å². The Morgan fingerprint density at radius 3 is 2.54 bits per heavy atom. The third-order valence-corrected chi connectivity index (χ3v) is 2.99. The maximum absolute atomic E-state index is 10.9. The first kappa shape index (κ1) is 8.49. The summed E-state index contributed by atoms with van der Waals surface area (Å²) in [4.78, 5) is 10.9. The molecule has 1 heteroatoms. The van der Waals surface area contributed by atoms with Crippen molar-refractivity contribution in [2.75, 3.05) is 0 Å². The summed E-state index contributed by atoms with van der Waals surface area (Å²) in [5.74, 6) is 0. The van der Waals surface area contributed by atoms with E-state index >= 15 is 0 Å². The normalized spacial score (nSPS) is 14.3. The van der Waals surface area contributed by atoms with Crippen molar-refractivity contribution in [3.63, 3.8) is 0 Å². The SMILES string of the molecule is Cc1cc(C)c2c(c1C=O)CCC2. The molecule has 0 fully saturated rings. The Balaban J connectivity index is 2.71. The Bertz CT molecular complexity index is 364. The second-order valence-electron chi connectivity index (χ2n) is 3.85. The van der Waals surface area contributed by atoms with Gasteiger partial charge in [0.15, 0.2) is 6.29 Å². The predicted molar refractivity (Wildman–Crippen MR) is 53.3 cm³/mol. The van der Waals surface area contributed by atoms with Crippen LogP contribution in [-0.4, -0.2) is 6.29 Å². The molecule has 1 aromatic rings. The van der Waals surface area contributed by atoms with Gasteiger partial charge in [0.05, 0.1) is 0 Å². The molecule has 0 saturated carbocycles. The zero-order chi connectivity index (χ0) is 9.42. The van der Waals surface area contributed by atoms with Gasteiger partial charge in [-0.05, 0) is 55.4 Å². The first-order chi connectivity index (χ1) is 6.24. The number of carbonyl (C=O) groups is 1. The van der Waals surface area contributed by atoms with Crippen LogP contribution in [0.2, 0.25) is 0 Å². The fraction of sp³-hybridized carbons (Fsp3) is 0.417. The standard InChI is InChI=1S/C12H14O/c1-8-6-9(2)12(7-13)11-5-3-4-10(8)11/h6-7H,3-5H2,1-2H3. The molecule has 13 heavy (non-hydrogen) atoms. The number of aldehydes is 1. The summed E-state index contributed by atoms with van der Waals surface area (Å²) in [7, 11) is 0. The van der Waals surface area contributed by atoms with E-state index in [1.807, 2.05) is 6.92 Å². The van der Waals surface area contributed by atoms with Crippen molar-refractivity contribution in [1.82, 2.24) is 0 Å². The average Bonchev–Trinajstić information content (AvgIpc) is 2.53. The highest BCUT2D eigenvalue weighted by Crippen LogP contribution is 2.29. The topological polar surface area (TPSA) is 17.1 Å². The number of fused-ring (bicyclic) bond motifs is 1. The Kier molecular flexibility index (Phi) is 1.95. The van der Waals surface area contributed by atoms with Gasteiger partial charge in [-0.3, -0.25) is 4.79 Å². The van der Waals surface area contributed by atoms with E-state index in [-0.39, 0.29) is 0 Å². The average molecular weight is 174 g/mol. The van der Waals surface area contributed by atoms with Gasteiger partial charge in [0.2, 0.25) is 0 Å². The highest BCUT2D eigenvalue weighted by molar-refractivity contribution is 5.81. The van der Waals surface area contributed by atoms with E-state index in [9.17, 15) is 4.79 Å². The molecule has 68 valence electrons. The molecule has 0 amide bonds. The highest BCUT2D eigenvalue weighted by atomic mass is 16.1. The van der Waals surface area contributed by atoms with Crippen molar-refractivity contribution in [3.05, 3.63) is 33.9 Å². The second-order valence-corrected chi connectivity index (χ2v) is 3.85. The molecular formula is C12H14O. The molecule has 0 unspecified atom stereocenters. The van der Waals surface area contributed by atoms with Crippen LogP contribution in [0.5, 0.6) is 0 Å². The Labute approximate surface area is 78.8 Å². The van der Waals surface area contributed by atoms with Crippen LogP contribution in [0.15, 0.2) is 6.07 Å². The molecule has 1 aliphatic carbocycles. The maximum atomic E-state index is 10.9. The van der Waals surface area contributed by atoms with Gasteiger partial charge >= 0.3 is 0 Å². The summed E-state index contributed by atoms with van der Waals surface area (Å²) in [5, 5.41) is 0. The fourth-order valence-corrected chi connectivity index (χ4v) is 2.37. The zero-order valence-corrected chi connectivity index (χ0v) is 8.18. The maximum Gasteiger partial charge on any atom is 0.150 e. The van der Waals surface area contributed by atoms with Crippen LogP contribution < -0.4 is 0 Å². The summed E-state index contributed by atoms with van der Waals surface area (Å²) in [6.07, 6.45) is 4.47. The van der Waals surface area contributed by atoms with Gasteiger partial charge in [-0.1, -0.05) is 6.07 Å². The van der Waals surface area contributed by atoms with Gasteiger partial charge in [-0.2, -0.15) is 0 Å². The monoisotopic (exact) mass is 174 g/mol. The van der Waals surface area contributed by atoms with E-state index in [0.717, 1.165) is 30.3 Å². The molecule has 0 aromatic heterocycles. The lowest BCUT2D eigenvalue weighted by molar-refractivity contribution is 0.112. The van der Waals surface area contributed by atoms with Crippen molar-refractivity contribution in [1.29, 1.82) is 0 Å². The van der Waals surface area contributed by atoms with Crippen LogP contribution in [0.4, 0.5) is 0 Å². The molecule has 0 bridgehead atoms. The van der Waals surface area contributed by atoms with Gasteiger partial charge in [-0.15, -0.1) is 0 Å². The number of benzene rings is 1. The summed E-state index contributed by atoms with van der Waals surface area (Å²) < 4.78 is 0. The molecule has 0 atom stereocenters. The lowest BCUT2D eigenvalue weighted by Gasteiger charge is -2.09. The molecule has 1 aromatic carbocycles. The smallest absolute Gasteiger partial charge is 0.150 e. The van der Waals surface area contributed by atoms with Crippen LogP contribution in [-0.2, 0) is 12.8 Å². The van der Waals surface area contributed by atoms with Crippen LogP contribution in [0, 0.1) is 13.8 Å². The Morgan fingerprint density at radius 1 is 1.15 bits per heavy atom. The molecule has 1 aliphatic rings. The van der Waals surface area contributed by atoms with Gasteiger partial charge in [0, 0.05) is 5.56 Å². The van der Waals surface area contributed by atoms with E-state index in [2.05, 4.69) is 13.0 Å². The molecule has 0 aliphatic heterocycles. The fourth-order valence-electron chi connectivity index (χ4n) is 2.37. The van der Waals surface area contributed by atoms with Crippen LogP contribution in [0.25, 0.3) is 0 Å². The molecular weight excluding hydrogens is 160 g/mol. The van der Waals surface area contributed by atoms with E-state index in [0.29, 0.717) is 0 Å². The molecule has 0 heterocycles. The molecule has 0 radical (unpaired) electrons. The summed E-state index contributed by atoms with van der Waals surface area (Å²) in [6, 6.07) is 2.13. The highest BCUT2D eigenvalue weighted by Gasteiger charge is 2.18. The number of aryl methyl sites for hydroxylation is 2. The van der Waals surface area contributed by atoms with Gasteiger partial charge in [0.25, 0.3) is 0 Å². The van der Waals surface area contributed by atoms with Gasteiger partial charge in [0.1, 0.15) is 0 Å². The quantitative estimate of drug-likeness (QED) is 0.598. The van der Waals surface area contributed by atoms with Crippen LogP contribution in [0.1, 0.15) is 39.0 Å². The van der Waals surface area contributed by atoms with Crippen molar-refractivity contribution >= 4 is 6.29 Å². The van der Waals surface area contributed by atoms with E-state index in [1.54, 1.807) is 0 Å². The summed E-state index contributed by atoms with van der Waals surface area (Å²) >= 11 is 0. The van der Waals surface area contributed by atoms with Gasteiger partial charge < -0.3 is 0 Å². The van der Waals surface area contributed by atoms with Gasteiger partial charge in [-0.25, -0.2) is 0 Å². The van der Waals surface area contributed by atoms with Crippen molar-refractivity contribution < 1.29 is 4.79 Å². The third kappa shape index (κ3) is 1.19. The zero-order valence-electron chi connectivity index (χ0n) is 8.18. The second kappa shape index (κ2) is 2.99. The minimum absolute atomic E-state index is 0.943. The first-order valence-electron chi connectivity index (χ1n) is 4.81. The first-order valence-corrected chi connectivity index (χ1v) is 4.81. The molecule has 1 nitrogen and oxygen atoms in total. The number of rotatable bonds is 1. The lowest BCUT2D eigenvalue weighted by atomic mass is 9.95. The molecule has 0 N–H and O–H groups in total. The van der Waals surface area contributed by atoms with E-state index < -0.39 is 0 Å². The minimum atomic E-state index is 0.943. The van der Waals surface area contributed by atoms with E-state index in [4.69, 9.17) is 0 Å². The molecule has 2 rings (SSSR count). The van der Waals surface area contributed by atoms with Crippen molar-refractivity contribution in [2.24, 2.45) is 0 Å². The minimum Gasteiger partial charge on any atom is -0.298 e. The van der Waals surface area contributed by atoms with Crippen molar-refractivity contribution in [2.45, 2.75) is 33.1 Å². The van der Waals surface area contributed by atoms with Crippen molar-refractivity contribution in [3.8, 4) is 0 Å². The van der Waals surface area contributed by atoms with Crippen LogP contribution in [0.3, 0.4) is 0 Å². The Hall–Kier alpha value is -1.11. The third-order valence-electron chi connectivity index (χ3n) is 2.99. The summed E-state index contributed by atoms with van der Waals surface area (Å²) in [6.45, 7) is 4.17. The number of hydrogen-bond donors (Lipinski definition) is 0. The largest absolute Gasteiger partial charge is 0.298 e. The number of hydrogen-bond acceptors (Lipinski definition) is 1. The molecule has 0 spiro atoms. The van der Waals surface area contributed by atoms with E-state index in [1.165, 1.54) is 23.1 Å².